The highest BCUT2D eigenvalue weighted by molar-refractivity contribution is 5.90. The zero-order valence-electron chi connectivity index (χ0n) is 19.6. The van der Waals surface area contributed by atoms with Crippen LogP contribution in [0, 0.1) is 13.8 Å². The van der Waals surface area contributed by atoms with Crippen LogP contribution in [0.4, 0.5) is 5.69 Å². The number of nitrogens with zero attached hydrogens (tertiary/aromatic N) is 2. The quantitative estimate of drug-likeness (QED) is 0.591. The van der Waals surface area contributed by atoms with Crippen molar-refractivity contribution in [1.29, 1.82) is 0 Å². The average molecular weight is 440 g/mol. The Bertz CT molecular complexity index is 1090. The van der Waals surface area contributed by atoms with Crippen molar-refractivity contribution in [2.24, 2.45) is 0 Å². The molecule has 7 nitrogen and oxygen atoms in total. The van der Waals surface area contributed by atoms with Crippen molar-refractivity contribution in [2.45, 2.75) is 40.7 Å². The molecule has 0 radical (unpaired) electrons. The molecule has 0 saturated heterocycles. The third kappa shape index (κ3) is 6.70. The Morgan fingerprint density at radius 3 is 2.16 bits per heavy atom. The summed E-state index contributed by atoms with van der Waals surface area (Å²) in [5.74, 6) is 0.980. The van der Waals surface area contributed by atoms with Crippen LogP contribution >= 0.6 is 0 Å². The number of benzene rings is 2. The number of hydrogen-bond acceptors (Lipinski definition) is 5. The van der Waals surface area contributed by atoms with Crippen molar-refractivity contribution >= 4 is 11.6 Å². The van der Waals surface area contributed by atoms with Crippen LogP contribution in [-0.4, -0.2) is 29.9 Å². The van der Waals surface area contributed by atoms with Gasteiger partial charge in [0.1, 0.15) is 18.0 Å². The molecule has 1 N–H and O–H groups in total. The number of amides is 1. The number of rotatable bonds is 7. The number of anilines is 1. The Hall–Kier alpha value is -3.61. The number of ether oxygens (including phenoxy) is 2. The van der Waals surface area contributed by atoms with E-state index in [9.17, 15) is 9.59 Å². The Kier molecular flexibility index (Phi) is 9.01. The topological polar surface area (TPSA) is 82.5 Å². The van der Waals surface area contributed by atoms with Crippen molar-refractivity contribution in [3.8, 4) is 11.5 Å². The molecule has 7 heteroatoms. The molecule has 0 aliphatic heterocycles. The second-order valence-electron chi connectivity index (χ2n) is 7.09. The van der Waals surface area contributed by atoms with E-state index in [1.807, 2.05) is 57.2 Å². The molecule has 3 rings (SSSR count). The van der Waals surface area contributed by atoms with Crippen molar-refractivity contribution in [3.05, 3.63) is 81.3 Å². The summed E-state index contributed by atoms with van der Waals surface area (Å²) in [6, 6.07) is 14.7. The summed E-state index contributed by atoms with van der Waals surface area (Å²) in [4.78, 5) is 25.3. The number of methoxy groups -OCH3 is 2. The molecule has 1 heterocycles. The van der Waals surface area contributed by atoms with Crippen LogP contribution in [-0.2, 0) is 17.8 Å². The second kappa shape index (κ2) is 11.7. The fourth-order valence-electron chi connectivity index (χ4n) is 3.14. The Balaban J connectivity index is 0.00000177. The summed E-state index contributed by atoms with van der Waals surface area (Å²) in [5, 5.41) is 7.02. The molecule has 3 aromatic rings. The SMILES string of the molecule is CC.COc1cc(Cc2cc(C)nn(CC(=O)Nc3ccc(C)cc3)c2=O)cc(OC)c1.[HH]. The van der Waals surface area contributed by atoms with Gasteiger partial charge in [-0.15, -0.1) is 0 Å². The fraction of sp³-hybridized carbons (Fsp3) is 0.320. The van der Waals surface area contributed by atoms with Crippen LogP contribution in [0.5, 0.6) is 11.5 Å². The predicted octanol–water partition coefficient (Wildman–Crippen LogP) is 4.38. The van der Waals surface area contributed by atoms with Gasteiger partial charge in [0.05, 0.1) is 19.9 Å². The van der Waals surface area contributed by atoms with Gasteiger partial charge in [0.25, 0.3) is 5.56 Å². The summed E-state index contributed by atoms with van der Waals surface area (Å²) in [6.07, 6.45) is 0.370. The van der Waals surface area contributed by atoms with E-state index in [-0.39, 0.29) is 19.4 Å². The summed E-state index contributed by atoms with van der Waals surface area (Å²) in [6.45, 7) is 7.60. The maximum Gasteiger partial charge on any atom is 0.270 e. The van der Waals surface area contributed by atoms with E-state index >= 15 is 0 Å². The molecule has 1 amide bonds. The number of nitrogens with one attached hydrogen (secondary N) is 1. The lowest BCUT2D eigenvalue weighted by molar-refractivity contribution is -0.117. The molecule has 0 aliphatic rings. The Morgan fingerprint density at radius 2 is 1.59 bits per heavy atom. The van der Waals surface area contributed by atoms with Crippen LogP contribution < -0.4 is 20.3 Å². The average Bonchev–Trinajstić information content (AvgIpc) is 2.79. The summed E-state index contributed by atoms with van der Waals surface area (Å²) in [7, 11) is 3.16. The standard InChI is InChI=1S/C23H25N3O4.C2H6.H2/c1-15-5-7-19(8-6-15)24-22(27)14-26-23(28)18(9-16(2)25-26)10-17-11-20(29-3)13-21(12-17)30-4;1-2;/h5-9,11-13H,10,14H2,1-4H3,(H,24,27);1-2H3;1H. The molecular weight excluding hydrogens is 406 g/mol. The van der Waals surface area contributed by atoms with Gasteiger partial charge >= 0.3 is 0 Å². The van der Waals surface area contributed by atoms with Gasteiger partial charge in [-0.25, -0.2) is 4.68 Å². The van der Waals surface area contributed by atoms with Gasteiger partial charge in [-0.05, 0) is 49.7 Å². The summed E-state index contributed by atoms with van der Waals surface area (Å²) < 4.78 is 11.8. The Labute approximate surface area is 190 Å². The first kappa shape index (κ1) is 24.7. The first-order chi connectivity index (χ1) is 15.4. The highest BCUT2D eigenvalue weighted by atomic mass is 16.5. The minimum Gasteiger partial charge on any atom is -0.497 e. The van der Waals surface area contributed by atoms with Crippen molar-refractivity contribution < 1.29 is 15.7 Å². The molecule has 0 aliphatic carbocycles. The van der Waals surface area contributed by atoms with E-state index in [0.29, 0.717) is 34.9 Å². The maximum atomic E-state index is 12.9. The third-order valence-corrected chi connectivity index (χ3v) is 4.61. The lowest BCUT2D eigenvalue weighted by Gasteiger charge is -2.11. The Morgan fingerprint density at radius 1 is 1.00 bits per heavy atom. The third-order valence-electron chi connectivity index (χ3n) is 4.61. The number of aryl methyl sites for hydroxylation is 2. The first-order valence-corrected chi connectivity index (χ1v) is 10.5. The van der Waals surface area contributed by atoms with Gasteiger partial charge in [0, 0.05) is 25.2 Å². The highest BCUT2D eigenvalue weighted by Crippen LogP contribution is 2.23. The van der Waals surface area contributed by atoms with Crippen molar-refractivity contribution in [2.75, 3.05) is 19.5 Å². The number of hydrogen-bond donors (Lipinski definition) is 1. The molecule has 32 heavy (non-hydrogen) atoms. The summed E-state index contributed by atoms with van der Waals surface area (Å²) in [5.41, 5.74) is 3.54. The van der Waals surface area contributed by atoms with Gasteiger partial charge in [-0.2, -0.15) is 5.10 Å². The molecule has 1 aromatic heterocycles. The van der Waals surface area contributed by atoms with Gasteiger partial charge in [-0.3, -0.25) is 9.59 Å². The minimum atomic E-state index is -0.312. The molecule has 2 aromatic carbocycles. The van der Waals surface area contributed by atoms with Crippen molar-refractivity contribution in [1.82, 2.24) is 9.78 Å². The monoisotopic (exact) mass is 439 g/mol. The maximum absolute atomic E-state index is 12.9. The van der Waals surface area contributed by atoms with Gasteiger partial charge in [-0.1, -0.05) is 31.5 Å². The normalized spacial score (nSPS) is 10.1. The lowest BCUT2D eigenvalue weighted by atomic mass is 10.1. The van der Waals surface area contributed by atoms with Crippen molar-refractivity contribution in [3.63, 3.8) is 0 Å². The molecule has 172 valence electrons. The molecule has 0 saturated carbocycles. The van der Waals surface area contributed by atoms with Crippen LogP contribution in [0.25, 0.3) is 0 Å². The predicted molar refractivity (Wildman–Crippen MR) is 129 cm³/mol. The lowest BCUT2D eigenvalue weighted by Crippen LogP contribution is -2.32. The van der Waals surface area contributed by atoms with Crippen LogP contribution in [0.1, 0.15) is 37.7 Å². The van der Waals surface area contributed by atoms with E-state index in [0.717, 1.165) is 11.1 Å². The summed E-state index contributed by atoms with van der Waals surface area (Å²) >= 11 is 0. The molecule has 0 unspecified atom stereocenters. The fourth-order valence-corrected chi connectivity index (χ4v) is 3.14. The van der Waals surface area contributed by atoms with E-state index in [4.69, 9.17) is 9.47 Å². The van der Waals surface area contributed by atoms with E-state index in [1.165, 1.54) is 4.68 Å². The number of aromatic nitrogens is 2. The minimum absolute atomic E-state index is 0. The second-order valence-corrected chi connectivity index (χ2v) is 7.09. The largest absolute Gasteiger partial charge is 0.497 e. The zero-order chi connectivity index (χ0) is 23.7. The smallest absolute Gasteiger partial charge is 0.270 e. The van der Waals surface area contributed by atoms with Gasteiger partial charge in [0.15, 0.2) is 0 Å². The van der Waals surface area contributed by atoms with E-state index < -0.39 is 0 Å². The van der Waals surface area contributed by atoms with Gasteiger partial charge in [0.2, 0.25) is 5.91 Å². The molecule has 0 fully saturated rings. The number of carbonyl (C=O) groups excluding carboxylic acids is 1. The van der Waals surface area contributed by atoms with Gasteiger partial charge < -0.3 is 14.8 Å². The number of carbonyl (C=O) groups is 1. The highest BCUT2D eigenvalue weighted by Gasteiger charge is 2.12. The molecule has 0 atom stereocenters. The van der Waals surface area contributed by atoms with Crippen LogP contribution in [0.3, 0.4) is 0 Å². The molecule has 0 spiro atoms. The van der Waals surface area contributed by atoms with Crippen LogP contribution in [0.15, 0.2) is 53.3 Å². The van der Waals surface area contributed by atoms with E-state index in [1.54, 1.807) is 33.3 Å². The molecular formula is C25H33N3O4. The van der Waals surface area contributed by atoms with Crippen LogP contribution in [0.2, 0.25) is 0 Å². The first-order valence-electron chi connectivity index (χ1n) is 10.5. The zero-order valence-corrected chi connectivity index (χ0v) is 19.6. The van der Waals surface area contributed by atoms with E-state index in [2.05, 4.69) is 10.4 Å². The molecule has 0 bridgehead atoms.